The van der Waals surface area contributed by atoms with E-state index in [0.29, 0.717) is 0 Å². The van der Waals surface area contributed by atoms with Crippen LogP contribution in [-0.2, 0) is 4.74 Å². The summed E-state index contributed by atoms with van der Waals surface area (Å²) in [5.41, 5.74) is 0. The van der Waals surface area contributed by atoms with E-state index < -0.39 is 24.4 Å². The summed E-state index contributed by atoms with van der Waals surface area (Å²) in [6.07, 6.45) is -4.54. The molecule has 1 saturated heterocycles. The monoisotopic (exact) mass is 163 g/mol. The molecule has 0 aliphatic carbocycles. The Labute approximate surface area is 63.8 Å². The average Bonchev–Trinajstić information content (AvgIpc) is 2.01. The molecule has 1 aliphatic heterocycles. The van der Waals surface area contributed by atoms with Crippen molar-refractivity contribution >= 4 is 0 Å². The number of rotatable bonds is 1. The van der Waals surface area contributed by atoms with Gasteiger partial charge in [-0.3, -0.25) is 0 Å². The zero-order valence-electron chi connectivity index (χ0n) is 5.79. The molecule has 5 heteroatoms. The first-order chi connectivity index (χ1) is 5.16. The van der Waals surface area contributed by atoms with Crippen molar-refractivity contribution in [2.75, 3.05) is 6.61 Å². The highest BCUT2D eigenvalue weighted by Crippen LogP contribution is 2.17. The van der Waals surface area contributed by atoms with Crippen LogP contribution in [0.3, 0.4) is 0 Å². The Balaban J connectivity index is 2.52. The summed E-state index contributed by atoms with van der Waals surface area (Å²) in [4.78, 5) is 0. The van der Waals surface area contributed by atoms with Gasteiger partial charge in [-0.15, -0.1) is 0 Å². The van der Waals surface area contributed by atoms with Crippen LogP contribution in [-0.4, -0.2) is 51.4 Å². The third-order valence-corrected chi connectivity index (χ3v) is 1.65. The van der Waals surface area contributed by atoms with Gasteiger partial charge in [-0.05, 0) is 0 Å². The third kappa shape index (κ3) is 1.69. The Morgan fingerprint density at radius 3 is 2.36 bits per heavy atom. The lowest BCUT2D eigenvalue weighted by molar-refractivity contribution is -0.169. The minimum Gasteiger partial charge on any atom is -0.394 e. The summed E-state index contributed by atoms with van der Waals surface area (Å²) in [5, 5.41) is 35.6. The Morgan fingerprint density at radius 2 is 1.82 bits per heavy atom. The fourth-order valence-electron chi connectivity index (χ4n) is 0.915. The van der Waals surface area contributed by atoms with Gasteiger partial charge in [0.25, 0.3) is 0 Å². The van der Waals surface area contributed by atoms with Gasteiger partial charge < -0.3 is 25.2 Å². The average molecular weight is 163 g/mol. The van der Waals surface area contributed by atoms with Crippen molar-refractivity contribution < 1.29 is 25.2 Å². The van der Waals surface area contributed by atoms with E-state index in [1.54, 1.807) is 0 Å². The van der Waals surface area contributed by atoms with E-state index in [1.165, 1.54) is 0 Å². The number of hydrogen-bond donors (Lipinski definition) is 4. The van der Waals surface area contributed by atoms with Gasteiger partial charge in [0.15, 0.2) is 0 Å². The van der Waals surface area contributed by atoms with Gasteiger partial charge in [0.05, 0.1) is 6.61 Å². The molecule has 65 valence electrons. The normalized spacial score (nSPS) is 45.8. The Bertz CT molecular complexity index is 126. The Hall–Kier alpha value is -0.200. The molecule has 1 fully saturated rings. The first-order valence-corrected chi connectivity index (χ1v) is 3.30. The van der Waals surface area contributed by atoms with Crippen molar-refractivity contribution in [3.05, 3.63) is 6.61 Å². The number of aliphatic hydroxyl groups is 4. The van der Waals surface area contributed by atoms with Crippen LogP contribution in [0.15, 0.2) is 0 Å². The number of ether oxygens (including phenoxy) is 1. The van der Waals surface area contributed by atoms with Crippen molar-refractivity contribution in [2.45, 2.75) is 24.4 Å². The van der Waals surface area contributed by atoms with Crippen LogP contribution in [0.1, 0.15) is 0 Å². The van der Waals surface area contributed by atoms with E-state index in [4.69, 9.17) is 20.4 Å². The molecule has 1 rings (SSSR count). The second-order valence-electron chi connectivity index (χ2n) is 2.46. The SMILES string of the molecule is OC[C@H]1O[CH][C@@H](O)[C@@H](O)[C@H]1O. The van der Waals surface area contributed by atoms with Crippen LogP contribution in [0, 0.1) is 6.61 Å². The number of aliphatic hydroxyl groups excluding tert-OH is 4. The zero-order valence-corrected chi connectivity index (χ0v) is 5.79. The molecular weight excluding hydrogens is 152 g/mol. The molecular formula is C6H11O5. The summed E-state index contributed by atoms with van der Waals surface area (Å²) < 4.78 is 4.69. The third-order valence-electron chi connectivity index (χ3n) is 1.65. The molecule has 11 heavy (non-hydrogen) atoms. The van der Waals surface area contributed by atoms with Crippen LogP contribution < -0.4 is 0 Å². The largest absolute Gasteiger partial charge is 0.394 e. The molecule has 0 spiro atoms. The molecule has 0 amide bonds. The van der Waals surface area contributed by atoms with Gasteiger partial charge in [-0.25, -0.2) is 0 Å². The zero-order chi connectivity index (χ0) is 8.43. The fraction of sp³-hybridized carbons (Fsp3) is 0.833. The van der Waals surface area contributed by atoms with Crippen molar-refractivity contribution in [3.63, 3.8) is 0 Å². The maximum atomic E-state index is 9.09. The molecule has 0 aromatic heterocycles. The van der Waals surface area contributed by atoms with Crippen molar-refractivity contribution in [1.29, 1.82) is 0 Å². The maximum Gasteiger partial charge on any atom is 0.115 e. The highest BCUT2D eigenvalue weighted by Gasteiger charge is 2.37. The summed E-state index contributed by atoms with van der Waals surface area (Å²) in [6, 6.07) is 0. The maximum absolute atomic E-state index is 9.09. The van der Waals surface area contributed by atoms with Crippen LogP contribution in [0.2, 0.25) is 0 Å². The second kappa shape index (κ2) is 3.46. The lowest BCUT2D eigenvalue weighted by Crippen LogP contribution is -2.52. The van der Waals surface area contributed by atoms with Crippen molar-refractivity contribution in [1.82, 2.24) is 0 Å². The van der Waals surface area contributed by atoms with Crippen LogP contribution in [0.5, 0.6) is 0 Å². The predicted octanol–water partition coefficient (Wildman–Crippen LogP) is -2.38. The molecule has 0 aromatic carbocycles. The van der Waals surface area contributed by atoms with Crippen LogP contribution in [0.4, 0.5) is 0 Å². The summed E-state index contributed by atoms with van der Waals surface area (Å²) >= 11 is 0. The van der Waals surface area contributed by atoms with E-state index in [1.807, 2.05) is 0 Å². The van der Waals surface area contributed by atoms with Crippen LogP contribution >= 0.6 is 0 Å². The molecule has 0 aromatic rings. The Morgan fingerprint density at radius 1 is 1.18 bits per heavy atom. The molecule has 5 nitrogen and oxygen atoms in total. The first-order valence-electron chi connectivity index (χ1n) is 3.30. The fourth-order valence-corrected chi connectivity index (χ4v) is 0.915. The van der Waals surface area contributed by atoms with Gasteiger partial charge in [0, 0.05) is 0 Å². The smallest absolute Gasteiger partial charge is 0.115 e. The van der Waals surface area contributed by atoms with E-state index in [2.05, 4.69) is 4.74 Å². The standard InChI is InChI=1S/C6H11O5/c7-1-4-6(10)5(9)3(8)2-11-4/h2-10H,1H2/t3-,4-,5-,6+/m1/s1. The van der Waals surface area contributed by atoms with Gasteiger partial charge in [-0.2, -0.15) is 0 Å². The van der Waals surface area contributed by atoms with E-state index in [0.717, 1.165) is 6.61 Å². The lowest BCUT2D eigenvalue weighted by Gasteiger charge is -2.33. The van der Waals surface area contributed by atoms with Crippen LogP contribution in [0.25, 0.3) is 0 Å². The summed E-state index contributed by atoms with van der Waals surface area (Å²) in [6.45, 7) is 0.611. The van der Waals surface area contributed by atoms with E-state index >= 15 is 0 Å². The Kier molecular flexibility index (Phi) is 2.80. The minimum absolute atomic E-state index is 0.387. The quantitative estimate of drug-likeness (QED) is 0.346. The molecule has 4 N–H and O–H groups in total. The lowest BCUT2D eigenvalue weighted by atomic mass is 10.0. The second-order valence-corrected chi connectivity index (χ2v) is 2.46. The highest BCUT2D eigenvalue weighted by molar-refractivity contribution is 4.91. The van der Waals surface area contributed by atoms with Gasteiger partial charge in [-0.1, -0.05) is 0 Å². The van der Waals surface area contributed by atoms with Gasteiger partial charge >= 0.3 is 0 Å². The molecule has 0 saturated carbocycles. The molecule has 4 atom stereocenters. The van der Waals surface area contributed by atoms with Gasteiger partial charge in [0.1, 0.15) is 31.0 Å². The summed E-state index contributed by atoms with van der Waals surface area (Å²) in [7, 11) is 0. The minimum atomic E-state index is -1.28. The first kappa shape index (κ1) is 8.89. The van der Waals surface area contributed by atoms with E-state index in [-0.39, 0.29) is 6.61 Å². The van der Waals surface area contributed by atoms with Gasteiger partial charge in [0.2, 0.25) is 0 Å². The predicted molar refractivity (Wildman–Crippen MR) is 34.3 cm³/mol. The number of hydrogen-bond acceptors (Lipinski definition) is 5. The topological polar surface area (TPSA) is 90.2 Å². The highest BCUT2D eigenvalue weighted by atomic mass is 16.5. The van der Waals surface area contributed by atoms with Crippen molar-refractivity contribution in [3.8, 4) is 0 Å². The van der Waals surface area contributed by atoms with E-state index in [9.17, 15) is 0 Å². The molecule has 0 bridgehead atoms. The molecule has 1 heterocycles. The van der Waals surface area contributed by atoms with Crippen molar-refractivity contribution in [2.24, 2.45) is 0 Å². The summed E-state index contributed by atoms with van der Waals surface area (Å²) in [5.74, 6) is 0. The molecule has 1 aliphatic rings. The molecule has 0 unspecified atom stereocenters. The molecule has 1 radical (unpaired) electrons.